The molecular weight excluding hydrogens is 224 g/mol. The molecule has 18 heavy (non-hydrogen) atoms. The van der Waals surface area contributed by atoms with Crippen LogP contribution in [0.15, 0.2) is 11.6 Å². The molecule has 2 heteroatoms. The second-order valence-corrected chi connectivity index (χ2v) is 6.60. The molecule has 2 nitrogen and oxygen atoms in total. The SMILES string of the molecule is CCC=C(C)C(=O)OC1C2CC3CC(C2)CC1C3. The van der Waals surface area contributed by atoms with Crippen LogP contribution in [0, 0.1) is 23.7 Å². The van der Waals surface area contributed by atoms with Gasteiger partial charge in [-0.1, -0.05) is 13.0 Å². The van der Waals surface area contributed by atoms with Crippen LogP contribution in [0.3, 0.4) is 0 Å². The van der Waals surface area contributed by atoms with Gasteiger partial charge in [0.1, 0.15) is 6.10 Å². The van der Waals surface area contributed by atoms with Gasteiger partial charge in [0.2, 0.25) is 0 Å². The van der Waals surface area contributed by atoms with Crippen LogP contribution in [0.1, 0.15) is 52.4 Å². The molecule has 4 rings (SSSR count). The van der Waals surface area contributed by atoms with Crippen molar-refractivity contribution in [2.24, 2.45) is 23.7 Å². The van der Waals surface area contributed by atoms with Gasteiger partial charge in [0.05, 0.1) is 0 Å². The summed E-state index contributed by atoms with van der Waals surface area (Å²) in [5, 5.41) is 0. The third-order valence-electron chi connectivity index (χ3n) is 5.22. The van der Waals surface area contributed by atoms with E-state index in [0.717, 1.165) is 23.8 Å². The van der Waals surface area contributed by atoms with Gasteiger partial charge in [-0.2, -0.15) is 0 Å². The average Bonchev–Trinajstić information content (AvgIpc) is 2.33. The van der Waals surface area contributed by atoms with Crippen molar-refractivity contribution in [2.45, 2.75) is 58.5 Å². The Morgan fingerprint density at radius 2 is 1.67 bits per heavy atom. The maximum atomic E-state index is 12.0. The van der Waals surface area contributed by atoms with Crippen molar-refractivity contribution >= 4 is 5.97 Å². The molecule has 4 fully saturated rings. The highest BCUT2D eigenvalue weighted by molar-refractivity contribution is 5.87. The Hall–Kier alpha value is -0.790. The molecule has 4 saturated carbocycles. The number of hydrogen-bond donors (Lipinski definition) is 0. The molecule has 0 spiro atoms. The highest BCUT2D eigenvalue weighted by Gasteiger charge is 2.49. The van der Waals surface area contributed by atoms with E-state index in [4.69, 9.17) is 4.74 Å². The van der Waals surface area contributed by atoms with Crippen LogP contribution in [-0.2, 0) is 9.53 Å². The molecule has 0 aromatic heterocycles. The number of ether oxygens (including phenoxy) is 1. The first-order valence-electron chi connectivity index (χ1n) is 7.55. The van der Waals surface area contributed by atoms with E-state index in [2.05, 4.69) is 6.92 Å². The van der Waals surface area contributed by atoms with E-state index in [-0.39, 0.29) is 12.1 Å². The van der Waals surface area contributed by atoms with Gasteiger partial charge >= 0.3 is 5.97 Å². The Bertz CT molecular complexity index is 341. The molecule has 0 aliphatic heterocycles. The van der Waals surface area contributed by atoms with Crippen LogP contribution >= 0.6 is 0 Å². The van der Waals surface area contributed by atoms with E-state index < -0.39 is 0 Å². The van der Waals surface area contributed by atoms with E-state index >= 15 is 0 Å². The Labute approximate surface area is 110 Å². The summed E-state index contributed by atoms with van der Waals surface area (Å²) in [7, 11) is 0. The third kappa shape index (κ3) is 2.10. The molecule has 0 aromatic rings. The average molecular weight is 248 g/mol. The number of rotatable bonds is 3. The van der Waals surface area contributed by atoms with Gasteiger partial charge < -0.3 is 4.74 Å². The Morgan fingerprint density at radius 3 is 2.17 bits per heavy atom. The fraction of sp³-hybridized carbons (Fsp3) is 0.812. The van der Waals surface area contributed by atoms with Gasteiger partial charge in [0.15, 0.2) is 0 Å². The summed E-state index contributed by atoms with van der Waals surface area (Å²) in [6.45, 7) is 3.93. The maximum absolute atomic E-state index is 12.0. The van der Waals surface area contributed by atoms with Crippen molar-refractivity contribution in [2.75, 3.05) is 0 Å². The second kappa shape index (κ2) is 4.71. The lowest BCUT2D eigenvalue weighted by Gasteiger charge is -2.53. The normalized spacial score (nSPS) is 42.1. The number of esters is 1. The van der Waals surface area contributed by atoms with Gasteiger partial charge in [-0.05, 0) is 69.1 Å². The molecule has 4 aliphatic rings. The van der Waals surface area contributed by atoms with Crippen molar-refractivity contribution < 1.29 is 9.53 Å². The molecule has 4 bridgehead atoms. The molecule has 0 atom stereocenters. The fourth-order valence-corrected chi connectivity index (χ4v) is 4.67. The largest absolute Gasteiger partial charge is 0.458 e. The lowest BCUT2D eigenvalue weighted by molar-refractivity contribution is -0.166. The fourth-order valence-electron chi connectivity index (χ4n) is 4.67. The van der Waals surface area contributed by atoms with E-state index in [1.54, 1.807) is 0 Å². The van der Waals surface area contributed by atoms with Gasteiger partial charge in [0.25, 0.3) is 0 Å². The van der Waals surface area contributed by atoms with E-state index in [1.165, 1.54) is 32.1 Å². The minimum Gasteiger partial charge on any atom is -0.458 e. The zero-order valence-corrected chi connectivity index (χ0v) is 11.5. The van der Waals surface area contributed by atoms with Crippen molar-refractivity contribution in [1.29, 1.82) is 0 Å². The van der Waals surface area contributed by atoms with Crippen LogP contribution in [0.2, 0.25) is 0 Å². The number of carbonyl (C=O) groups excluding carboxylic acids is 1. The molecular formula is C16H24O2. The van der Waals surface area contributed by atoms with Gasteiger partial charge in [0, 0.05) is 5.57 Å². The Kier molecular flexibility index (Phi) is 3.21. The number of carbonyl (C=O) groups is 1. The summed E-state index contributed by atoms with van der Waals surface area (Å²) in [6.07, 6.45) is 9.78. The van der Waals surface area contributed by atoms with Crippen molar-refractivity contribution in [3.05, 3.63) is 11.6 Å². The van der Waals surface area contributed by atoms with Crippen molar-refractivity contribution in [3.63, 3.8) is 0 Å². The van der Waals surface area contributed by atoms with Crippen LogP contribution in [-0.4, -0.2) is 12.1 Å². The highest BCUT2D eigenvalue weighted by atomic mass is 16.5. The smallest absolute Gasteiger partial charge is 0.333 e. The summed E-state index contributed by atoms with van der Waals surface area (Å²) in [4.78, 5) is 12.0. The quantitative estimate of drug-likeness (QED) is 0.562. The van der Waals surface area contributed by atoms with Crippen molar-refractivity contribution in [1.82, 2.24) is 0 Å². The second-order valence-electron chi connectivity index (χ2n) is 6.60. The zero-order chi connectivity index (χ0) is 12.7. The number of hydrogen-bond acceptors (Lipinski definition) is 2. The molecule has 0 N–H and O–H groups in total. The minimum absolute atomic E-state index is 0.0747. The van der Waals surface area contributed by atoms with Crippen LogP contribution < -0.4 is 0 Å². The van der Waals surface area contributed by atoms with Crippen LogP contribution in [0.4, 0.5) is 0 Å². The molecule has 4 aliphatic carbocycles. The first-order chi connectivity index (χ1) is 8.67. The number of allylic oxidation sites excluding steroid dienone is 1. The molecule has 0 unspecified atom stereocenters. The summed E-state index contributed by atoms with van der Waals surface area (Å²) in [5.41, 5.74) is 0.784. The standard InChI is InChI=1S/C16H24O2/c1-3-4-10(2)16(17)18-15-13-6-11-5-12(8-13)9-14(15)7-11/h4,11-15H,3,5-9H2,1-2H3. The maximum Gasteiger partial charge on any atom is 0.333 e. The molecule has 0 radical (unpaired) electrons. The van der Waals surface area contributed by atoms with E-state index in [0.29, 0.717) is 11.8 Å². The Balaban J connectivity index is 1.67. The summed E-state index contributed by atoms with van der Waals surface area (Å²) in [5.74, 6) is 3.14. The Morgan fingerprint density at radius 1 is 1.11 bits per heavy atom. The molecule has 0 aromatic carbocycles. The topological polar surface area (TPSA) is 26.3 Å². The van der Waals surface area contributed by atoms with Crippen molar-refractivity contribution in [3.8, 4) is 0 Å². The highest BCUT2D eigenvalue weighted by Crippen LogP contribution is 2.54. The lowest BCUT2D eigenvalue weighted by atomic mass is 9.55. The lowest BCUT2D eigenvalue weighted by Crippen LogP contribution is -2.50. The van der Waals surface area contributed by atoms with E-state index in [9.17, 15) is 4.79 Å². The van der Waals surface area contributed by atoms with Crippen LogP contribution in [0.5, 0.6) is 0 Å². The monoisotopic (exact) mass is 248 g/mol. The van der Waals surface area contributed by atoms with Crippen LogP contribution in [0.25, 0.3) is 0 Å². The van der Waals surface area contributed by atoms with Gasteiger partial charge in [-0.25, -0.2) is 4.79 Å². The molecule has 0 amide bonds. The van der Waals surface area contributed by atoms with E-state index in [1.807, 2.05) is 13.0 Å². The zero-order valence-electron chi connectivity index (χ0n) is 11.5. The van der Waals surface area contributed by atoms with Gasteiger partial charge in [-0.3, -0.25) is 0 Å². The predicted molar refractivity (Wildman–Crippen MR) is 71.0 cm³/mol. The first kappa shape index (κ1) is 12.3. The summed E-state index contributed by atoms with van der Waals surface area (Å²) >= 11 is 0. The summed E-state index contributed by atoms with van der Waals surface area (Å²) < 4.78 is 5.83. The molecule has 100 valence electrons. The predicted octanol–water partition coefficient (Wildman–Crippen LogP) is 3.71. The third-order valence-corrected chi connectivity index (χ3v) is 5.22. The molecule has 0 heterocycles. The molecule has 0 saturated heterocycles. The minimum atomic E-state index is -0.0747. The first-order valence-corrected chi connectivity index (χ1v) is 7.55. The summed E-state index contributed by atoms with van der Waals surface area (Å²) in [6, 6.07) is 0. The van der Waals surface area contributed by atoms with Gasteiger partial charge in [-0.15, -0.1) is 0 Å².